The van der Waals surface area contributed by atoms with Crippen LogP contribution in [0, 0.1) is 0 Å². The highest BCUT2D eigenvalue weighted by Crippen LogP contribution is 2.27. The highest BCUT2D eigenvalue weighted by atomic mass is 16.5. The first kappa shape index (κ1) is 14.8. The van der Waals surface area contributed by atoms with Gasteiger partial charge in [-0.15, -0.1) is 0 Å². The summed E-state index contributed by atoms with van der Waals surface area (Å²) in [6, 6.07) is 16.8. The Hall–Kier alpha value is -2.75. The van der Waals surface area contributed by atoms with Gasteiger partial charge in [-0.1, -0.05) is 18.2 Å². The average molecular weight is 320 g/mol. The van der Waals surface area contributed by atoms with Crippen molar-refractivity contribution in [3.05, 3.63) is 60.3 Å². The summed E-state index contributed by atoms with van der Waals surface area (Å²) in [6.07, 6.45) is 3.11. The van der Waals surface area contributed by atoms with Crippen LogP contribution >= 0.6 is 0 Å². The van der Waals surface area contributed by atoms with E-state index < -0.39 is 0 Å². The van der Waals surface area contributed by atoms with Crippen molar-refractivity contribution in [2.45, 2.75) is 19.4 Å². The predicted molar refractivity (Wildman–Crippen MR) is 96.4 cm³/mol. The average Bonchev–Trinajstić information content (AvgIpc) is 3.19. The summed E-state index contributed by atoms with van der Waals surface area (Å²) in [5, 5.41) is 1.27. The lowest BCUT2D eigenvalue weighted by atomic mass is 10.1. The molecule has 1 aromatic heterocycles. The lowest BCUT2D eigenvalue weighted by Crippen LogP contribution is -2.09. The largest absolute Gasteiger partial charge is 0.497 e. The van der Waals surface area contributed by atoms with Gasteiger partial charge in [-0.05, 0) is 35.9 Å². The standard InChI is InChI=1S/C20H20N2O2/c1-14-21-16(13-24-14)11-15-12-22(20-6-4-3-5-19(15)20)17-7-9-18(23-2)10-8-17/h3-10,12,16H,11,13H2,1-2H3/t16-/m0/s1. The third kappa shape index (κ3) is 2.64. The molecule has 0 unspecified atom stereocenters. The van der Waals surface area contributed by atoms with E-state index in [0.29, 0.717) is 6.61 Å². The third-order valence-electron chi connectivity index (χ3n) is 4.45. The highest BCUT2D eigenvalue weighted by Gasteiger charge is 2.19. The second-order valence-electron chi connectivity index (χ2n) is 6.06. The van der Waals surface area contributed by atoms with Gasteiger partial charge in [-0.2, -0.15) is 0 Å². The molecule has 122 valence electrons. The summed E-state index contributed by atoms with van der Waals surface area (Å²) in [6.45, 7) is 2.59. The minimum absolute atomic E-state index is 0.208. The molecule has 0 N–H and O–H groups in total. The maximum absolute atomic E-state index is 5.50. The van der Waals surface area contributed by atoms with Gasteiger partial charge in [0.15, 0.2) is 5.90 Å². The molecule has 2 heterocycles. The van der Waals surface area contributed by atoms with Crippen molar-refractivity contribution in [2.24, 2.45) is 4.99 Å². The quantitative estimate of drug-likeness (QED) is 0.728. The van der Waals surface area contributed by atoms with Crippen LogP contribution in [0.2, 0.25) is 0 Å². The number of rotatable bonds is 4. The first-order valence-electron chi connectivity index (χ1n) is 8.15. The van der Waals surface area contributed by atoms with Crippen LogP contribution in [0.15, 0.2) is 59.7 Å². The Balaban J connectivity index is 1.75. The number of methoxy groups -OCH3 is 1. The number of hydrogen-bond donors (Lipinski definition) is 0. The van der Waals surface area contributed by atoms with Crippen LogP contribution in [-0.4, -0.2) is 30.2 Å². The van der Waals surface area contributed by atoms with Gasteiger partial charge in [0.1, 0.15) is 12.4 Å². The van der Waals surface area contributed by atoms with E-state index in [9.17, 15) is 0 Å². The molecule has 0 saturated carbocycles. The van der Waals surface area contributed by atoms with Gasteiger partial charge in [-0.3, -0.25) is 0 Å². The van der Waals surface area contributed by atoms with Crippen molar-refractivity contribution in [1.29, 1.82) is 0 Å². The number of para-hydroxylation sites is 1. The summed E-state index contributed by atoms with van der Waals surface area (Å²) in [5.41, 5.74) is 3.63. The molecule has 0 spiro atoms. The van der Waals surface area contributed by atoms with E-state index in [1.54, 1.807) is 7.11 Å². The molecule has 0 aliphatic carbocycles. The minimum Gasteiger partial charge on any atom is -0.497 e. The van der Waals surface area contributed by atoms with Crippen LogP contribution in [0.25, 0.3) is 16.6 Å². The number of aliphatic imine (C=N–C) groups is 1. The Bertz CT molecular complexity index is 894. The zero-order valence-corrected chi connectivity index (χ0v) is 13.9. The van der Waals surface area contributed by atoms with Gasteiger partial charge >= 0.3 is 0 Å². The molecule has 0 radical (unpaired) electrons. The fourth-order valence-electron chi connectivity index (χ4n) is 3.28. The zero-order chi connectivity index (χ0) is 16.5. The molecule has 4 heteroatoms. The molecule has 4 nitrogen and oxygen atoms in total. The van der Waals surface area contributed by atoms with E-state index in [0.717, 1.165) is 23.8 Å². The Labute approximate surface area is 141 Å². The van der Waals surface area contributed by atoms with Gasteiger partial charge in [-0.25, -0.2) is 4.99 Å². The third-order valence-corrected chi connectivity index (χ3v) is 4.45. The van der Waals surface area contributed by atoms with Gasteiger partial charge < -0.3 is 14.0 Å². The molecule has 2 aromatic carbocycles. The van der Waals surface area contributed by atoms with E-state index in [1.165, 1.54) is 16.5 Å². The summed E-state index contributed by atoms with van der Waals surface area (Å²) in [5.74, 6) is 1.65. The van der Waals surface area contributed by atoms with Crippen molar-refractivity contribution >= 4 is 16.8 Å². The first-order chi connectivity index (χ1) is 11.7. The maximum Gasteiger partial charge on any atom is 0.180 e. The van der Waals surface area contributed by atoms with Gasteiger partial charge in [0.2, 0.25) is 0 Å². The van der Waals surface area contributed by atoms with Crippen molar-refractivity contribution in [1.82, 2.24) is 4.57 Å². The number of benzene rings is 2. The van der Waals surface area contributed by atoms with Gasteiger partial charge in [0.05, 0.1) is 18.7 Å². The molecule has 0 saturated heterocycles. The number of hydrogen-bond acceptors (Lipinski definition) is 3. The number of aromatic nitrogens is 1. The lowest BCUT2D eigenvalue weighted by molar-refractivity contribution is 0.314. The Morgan fingerprint density at radius 2 is 1.96 bits per heavy atom. The van der Waals surface area contributed by atoms with Crippen LogP contribution in [-0.2, 0) is 11.2 Å². The topological polar surface area (TPSA) is 35.8 Å². The molecule has 1 aliphatic rings. The van der Waals surface area contributed by atoms with Crippen LogP contribution < -0.4 is 4.74 Å². The van der Waals surface area contributed by atoms with Crippen molar-refractivity contribution < 1.29 is 9.47 Å². The van der Waals surface area contributed by atoms with Crippen molar-refractivity contribution in [3.63, 3.8) is 0 Å². The molecule has 24 heavy (non-hydrogen) atoms. The molecular weight excluding hydrogens is 300 g/mol. The Morgan fingerprint density at radius 3 is 2.67 bits per heavy atom. The van der Waals surface area contributed by atoms with Crippen LogP contribution in [0.1, 0.15) is 12.5 Å². The normalized spacial score (nSPS) is 16.9. The SMILES string of the molecule is COc1ccc(-n2cc(C[C@H]3COC(C)=N3)c3ccccc32)cc1. The predicted octanol–water partition coefficient (Wildman–Crippen LogP) is 4.00. The Morgan fingerprint density at radius 1 is 1.17 bits per heavy atom. The van der Waals surface area contributed by atoms with E-state index in [-0.39, 0.29) is 6.04 Å². The molecule has 0 bridgehead atoms. The summed E-state index contributed by atoms with van der Waals surface area (Å²) in [7, 11) is 1.68. The molecule has 0 fully saturated rings. The van der Waals surface area contributed by atoms with Crippen molar-refractivity contribution in [3.8, 4) is 11.4 Å². The van der Waals surface area contributed by atoms with E-state index in [2.05, 4.69) is 52.2 Å². The highest BCUT2D eigenvalue weighted by molar-refractivity contribution is 5.86. The lowest BCUT2D eigenvalue weighted by Gasteiger charge is -2.06. The minimum atomic E-state index is 0.208. The van der Waals surface area contributed by atoms with E-state index in [4.69, 9.17) is 9.47 Å². The fraction of sp³-hybridized carbons (Fsp3) is 0.250. The summed E-state index contributed by atoms with van der Waals surface area (Å²) < 4.78 is 13.0. The molecular formula is C20H20N2O2. The maximum atomic E-state index is 5.50. The van der Waals surface area contributed by atoms with E-state index >= 15 is 0 Å². The Kier molecular flexibility index (Phi) is 3.73. The molecule has 4 rings (SSSR count). The first-order valence-corrected chi connectivity index (χ1v) is 8.15. The van der Waals surface area contributed by atoms with Crippen molar-refractivity contribution in [2.75, 3.05) is 13.7 Å². The smallest absolute Gasteiger partial charge is 0.180 e. The van der Waals surface area contributed by atoms with Gasteiger partial charge in [0, 0.05) is 30.6 Å². The van der Waals surface area contributed by atoms with E-state index in [1.807, 2.05) is 19.1 Å². The van der Waals surface area contributed by atoms with Gasteiger partial charge in [0.25, 0.3) is 0 Å². The second-order valence-corrected chi connectivity index (χ2v) is 6.06. The second kappa shape index (κ2) is 6.04. The van der Waals surface area contributed by atoms with Crippen LogP contribution in [0.5, 0.6) is 5.75 Å². The van der Waals surface area contributed by atoms with Crippen LogP contribution in [0.4, 0.5) is 0 Å². The molecule has 3 aromatic rings. The zero-order valence-electron chi connectivity index (χ0n) is 13.9. The monoisotopic (exact) mass is 320 g/mol. The molecule has 1 aliphatic heterocycles. The fourth-order valence-corrected chi connectivity index (χ4v) is 3.28. The molecule has 0 amide bonds. The molecule has 1 atom stereocenters. The number of nitrogens with zero attached hydrogens (tertiary/aromatic N) is 2. The summed E-state index contributed by atoms with van der Waals surface area (Å²) >= 11 is 0. The summed E-state index contributed by atoms with van der Waals surface area (Å²) in [4.78, 5) is 4.56. The number of ether oxygens (including phenoxy) is 2. The number of fused-ring (bicyclic) bond motifs is 1. The van der Waals surface area contributed by atoms with Crippen LogP contribution in [0.3, 0.4) is 0 Å².